The molecule has 1 N–H and O–H groups in total. The van der Waals surface area contributed by atoms with Gasteiger partial charge in [-0.15, -0.1) is 0 Å². The van der Waals surface area contributed by atoms with Crippen LogP contribution < -0.4 is 13.1 Å². The van der Waals surface area contributed by atoms with Crippen LogP contribution in [0.1, 0.15) is 15.9 Å². The van der Waals surface area contributed by atoms with Gasteiger partial charge in [-0.3, -0.25) is 0 Å². The van der Waals surface area contributed by atoms with Gasteiger partial charge in [0.1, 0.15) is 35.5 Å². The van der Waals surface area contributed by atoms with Crippen LogP contribution in [0, 0.1) is 6.92 Å². The third-order valence-electron chi connectivity index (χ3n) is 2.11. The van der Waals surface area contributed by atoms with Gasteiger partial charge in [-0.25, -0.2) is 4.79 Å². The van der Waals surface area contributed by atoms with Gasteiger partial charge in [0.25, 0.3) is 0 Å². The topological polar surface area (TPSA) is 65.0 Å². The maximum absolute atomic E-state index is 11.3. The smallest absolute Gasteiger partial charge is 0.343 e. The summed E-state index contributed by atoms with van der Waals surface area (Å²) in [6, 6.07) is 1.54. The fourth-order valence-corrected chi connectivity index (χ4v) is 2.99. The average molecular weight is 514 g/mol. The van der Waals surface area contributed by atoms with E-state index in [0.29, 0.717) is 11.3 Å². The first-order chi connectivity index (χ1) is 8.56. The van der Waals surface area contributed by atoms with Crippen molar-refractivity contribution in [3.8, 4) is 17.2 Å². The monoisotopic (exact) mass is 514 g/mol. The largest absolute Gasteiger partial charge is 0.495 e. The molecule has 0 aliphatic rings. The summed E-state index contributed by atoms with van der Waals surface area (Å²) in [5, 5.41) is 9.23. The first kappa shape index (κ1) is 16.3. The molecule has 1 aromatic rings. The van der Waals surface area contributed by atoms with E-state index in [1.54, 1.807) is 13.0 Å². The molecule has 0 atom stereocenters. The zero-order valence-corrected chi connectivity index (χ0v) is 15.2. The van der Waals surface area contributed by atoms with Crippen molar-refractivity contribution in [2.75, 3.05) is 7.11 Å². The van der Waals surface area contributed by atoms with E-state index in [2.05, 4.69) is 0 Å². The molecule has 0 aromatic heterocycles. The lowest BCUT2D eigenvalue weighted by atomic mass is 10.1. The van der Waals surface area contributed by atoms with Gasteiger partial charge >= 0.3 is 5.97 Å². The van der Waals surface area contributed by atoms with Gasteiger partial charge in [0.15, 0.2) is 5.75 Å². The Hall–Kier alpha value is 0.250. The van der Waals surface area contributed by atoms with Gasteiger partial charge in [0.2, 0.25) is 0 Å². The van der Waals surface area contributed by atoms with Gasteiger partial charge in [-0.1, -0.05) is 0 Å². The molecule has 0 bridgehead atoms. The summed E-state index contributed by atoms with van der Waals surface area (Å²) in [4.78, 5) is 11.3. The van der Waals surface area contributed by atoms with Gasteiger partial charge in [-0.05, 0) is 6.92 Å². The van der Waals surface area contributed by atoms with Crippen molar-refractivity contribution in [3.63, 3.8) is 0 Å². The molecule has 0 radical (unpaired) electrons. The second-order valence-electron chi connectivity index (χ2n) is 3.00. The van der Waals surface area contributed by atoms with Crippen LogP contribution in [-0.2, 0) is 0 Å². The Morgan fingerprint density at radius 3 is 2.28 bits per heavy atom. The Bertz CT molecular complexity index is 455. The number of carboxylic acid groups (broad SMARTS) is 1. The van der Waals surface area contributed by atoms with E-state index >= 15 is 0 Å². The van der Waals surface area contributed by atoms with Gasteiger partial charge in [0.05, 0.1) is 7.11 Å². The molecule has 0 spiro atoms. The van der Waals surface area contributed by atoms with Crippen LogP contribution >= 0.6 is 60.8 Å². The second kappa shape index (κ2) is 7.75. The van der Waals surface area contributed by atoms with E-state index in [4.69, 9.17) is 13.1 Å². The van der Waals surface area contributed by atoms with E-state index in [0.717, 1.165) is 18.4 Å². The lowest BCUT2D eigenvalue weighted by Gasteiger charge is -2.15. The Labute approximate surface area is 137 Å². The van der Waals surface area contributed by atoms with Crippen LogP contribution in [0.3, 0.4) is 0 Å². The number of benzene rings is 1. The SMILES string of the molecule is COc1c(C)c(OSI)cc(OSI)c1C(=O)O. The number of methoxy groups -OCH3 is 1. The summed E-state index contributed by atoms with van der Waals surface area (Å²) >= 11 is 3.89. The maximum Gasteiger partial charge on any atom is 0.343 e. The van der Waals surface area contributed by atoms with Crippen molar-refractivity contribution in [2.24, 2.45) is 0 Å². The summed E-state index contributed by atoms with van der Waals surface area (Å²) in [6.45, 7) is 1.73. The lowest BCUT2D eigenvalue weighted by molar-refractivity contribution is 0.0691. The molecule has 100 valence electrons. The van der Waals surface area contributed by atoms with Crippen LogP contribution in [-0.4, -0.2) is 18.2 Å². The maximum atomic E-state index is 11.3. The molecule has 0 amide bonds. The number of rotatable bonds is 6. The van der Waals surface area contributed by atoms with E-state index in [9.17, 15) is 9.90 Å². The zero-order chi connectivity index (χ0) is 13.7. The molecule has 0 aliphatic heterocycles. The van der Waals surface area contributed by atoms with Crippen LogP contribution in [0.5, 0.6) is 17.2 Å². The van der Waals surface area contributed by atoms with Crippen LogP contribution in [0.2, 0.25) is 0 Å². The molecule has 0 aliphatic carbocycles. The lowest BCUT2D eigenvalue weighted by Crippen LogP contribution is -2.05. The third kappa shape index (κ3) is 3.63. The summed E-state index contributed by atoms with van der Waals surface area (Å²) in [5.41, 5.74) is 0.606. The number of carboxylic acids is 1. The summed E-state index contributed by atoms with van der Waals surface area (Å²) in [7, 11) is 3.57. The Morgan fingerprint density at radius 2 is 1.83 bits per heavy atom. The van der Waals surface area contributed by atoms with Crippen molar-refractivity contribution in [2.45, 2.75) is 6.92 Å². The van der Waals surface area contributed by atoms with Gasteiger partial charge in [-0.2, -0.15) is 0 Å². The molecule has 1 aromatic carbocycles. The minimum Gasteiger partial charge on any atom is -0.495 e. The van der Waals surface area contributed by atoms with Gasteiger partial charge < -0.3 is 18.2 Å². The molecule has 5 nitrogen and oxygen atoms in total. The molecular weight excluding hydrogens is 506 g/mol. The van der Waals surface area contributed by atoms with Crippen LogP contribution in [0.4, 0.5) is 0 Å². The number of aromatic carboxylic acids is 1. The average Bonchev–Trinajstić information content (AvgIpc) is 2.32. The molecule has 0 fully saturated rings. The Kier molecular flexibility index (Phi) is 7.02. The third-order valence-corrected chi connectivity index (χ3v) is 3.67. The highest BCUT2D eigenvalue weighted by atomic mass is 127. The molecule has 18 heavy (non-hydrogen) atoms. The standard InChI is InChI=1S/C9H8I2O5S2/c1-4-5(15-17-10)3-6(16-18-11)7(9(12)13)8(4)14-2/h3H,1-2H3,(H,12,13). The predicted molar refractivity (Wildman–Crippen MR) is 89.2 cm³/mol. The number of halogens is 2. The zero-order valence-electron chi connectivity index (χ0n) is 9.23. The highest BCUT2D eigenvalue weighted by Crippen LogP contribution is 2.42. The van der Waals surface area contributed by atoms with Crippen LogP contribution in [0.15, 0.2) is 6.07 Å². The highest BCUT2D eigenvalue weighted by molar-refractivity contribution is 14.2. The Morgan fingerprint density at radius 1 is 1.28 bits per heavy atom. The predicted octanol–water partition coefficient (Wildman–Crippen LogP) is 4.46. The van der Waals surface area contributed by atoms with Crippen molar-refractivity contribution < 1.29 is 23.0 Å². The van der Waals surface area contributed by atoms with Crippen LogP contribution in [0.25, 0.3) is 0 Å². The van der Waals surface area contributed by atoms with Crippen molar-refractivity contribution in [1.82, 2.24) is 0 Å². The van der Waals surface area contributed by atoms with Gasteiger partial charge in [0, 0.05) is 54.0 Å². The van der Waals surface area contributed by atoms with Crippen molar-refractivity contribution >= 4 is 66.8 Å². The summed E-state index contributed by atoms with van der Waals surface area (Å²) in [5.74, 6) is -0.156. The summed E-state index contributed by atoms with van der Waals surface area (Å²) < 4.78 is 15.7. The first-order valence-corrected chi connectivity index (χ1v) is 11.0. The minimum atomic E-state index is -1.11. The number of carbonyl (C=O) groups is 1. The fourth-order valence-electron chi connectivity index (χ4n) is 1.39. The molecular formula is C9H8I2O5S2. The summed E-state index contributed by atoms with van der Waals surface area (Å²) in [6.07, 6.45) is 0. The molecule has 0 saturated heterocycles. The highest BCUT2D eigenvalue weighted by Gasteiger charge is 2.24. The molecule has 1 rings (SSSR count). The fraction of sp³-hybridized carbons (Fsp3) is 0.222. The number of ether oxygens (including phenoxy) is 1. The van der Waals surface area contributed by atoms with E-state index in [1.807, 2.05) is 42.4 Å². The molecule has 0 saturated carbocycles. The van der Waals surface area contributed by atoms with E-state index < -0.39 is 5.97 Å². The number of hydrogen-bond donors (Lipinski definition) is 1. The molecule has 0 heterocycles. The van der Waals surface area contributed by atoms with E-state index in [-0.39, 0.29) is 17.1 Å². The van der Waals surface area contributed by atoms with Crippen molar-refractivity contribution in [1.29, 1.82) is 0 Å². The second-order valence-corrected chi connectivity index (χ2v) is 5.75. The first-order valence-electron chi connectivity index (χ1n) is 4.42. The van der Waals surface area contributed by atoms with Crippen molar-refractivity contribution in [3.05, 3.63) is 17.2 Å². The quantitative estimate of drug-likeness (QED) is 0.445. The normalized spacial score (nSPS) is 10.0. The number of hydrogen-bond acceptors (Lipinski definition) is 6. The van der Waals surface area contributed by atoms with E-state index in [1.165, 1.54) is 7.11 Å². The molecule has 9 heteroatoms. The minimum absolute atomic E-state index is 0.00928. The molecule has 0 unspecified atom stereocenters. The Balaban J connectivity index is 3.47.